The predicted molar refractivity (Wildman–Crippen MR) is 126 cm³/mol. The van der Waals surface area contributed by atoms with Gasteiger partial charge in [0.2, 0.25) is 11.8 Å². The Kier molecular flexibility index (Phi) is 9.73. The minimum Gasteiger partial charge on any atom is -0.352 e. The van der Waals surface area contributed by atoms with Crippen LogP contribution in [0.15, 0.2) is 53.4 Å². The van der Waals surface area contributed by atoms with Gasteiger partial charge in [0.15, 0.2) is 0 Å². The van der Waals surface area contributed by atoms with Gasteiger partial charge in [0.1, 0.15) is 6.04 Å². The van der Waals surface area contributed by atoms with E-state index in [1.54, 1.807) is 16.7 Å². The molecule has 0 aromatic heterocycles. The molecule has 2 amide bonds. The average molecular weight is 447 g/mol. The highest BCUT2D eigenvalue weighted by Gasteiger charge is 2.28. The van der Waals surface area contributed by atoms with Crippen LogP contribution in [0, 0.1) is 6.92 Å². The summed E-state index contributed by atoms with van der Waals surface area (Å²) >= 11 is 7.55. The zero-order valence-electron chi connectivity index (χ0n) is 18.2. The van der Waals surface area contributed by atoms with E-state index in [1.165, 1.54) is 0 Å². The van der Waals surface area contributed by atoms with Crippen molar-refractivity contribution < 1.29 is 9.59 Å². The summed E-state index contributed by atoms with van der Waals surface area (Å²) < 4.78 is 0. The third-order valence-corrected chi connectivity index (χ3v) is 6.08. The second kappa shape index (κ2) is 12.0. The molecule has 1 unspecified atom stereocenters. The minimum atomic E-state index is -0.486. The molecular formula is C24H31ClN2O2S. The van der Waals surface area contributed by atoms with Crippen molar-refractivity contribution in [2.45, 2.75) is 64.1 Å². The zero-order valence-corrected chi connectivity index (χ0v) is 19.7. The Morgan fingerprint density at radius 2 is 1.77 bits per heavy atom. The first-order chi connectivity index (χ1) is 14.3. The van der Waals surface area contributed by atoms with E-state index in [1.807, 2.05) is 76.2 Å². The Bertz CT molecular complexity index is 839. The van der Waals surface area contributed by atoms with Crippen molar-refractivity contribution in [1.82, 2.24) is 10.2 Å². The van der Waals surface area contributed by atoms with Crippen molar-refractivity contribution in [2.24, 2.45) is 0 Å². The zero-order chi connectivity index (χ0) is 22.1. The molecule has 2 rings (SSSR count). The van der Waals surface area contributed by atoms with Crippen LogP contribution in [0.5, 0.6) is 0 Å². The molecule has 4 nitrogen and oxygen atoms in total. The van der Waals surface area contributed by atoms with Crippen molar-refractivity contribution in [3.8, 4) is 0 Å². The van der Waals surface area contributed by atoms with Gasteiger partial charge in [0.25, 0.3) is 0 Å². The van der Waals surface area contributed by atoms with E-state index >= 15 is 0 Å². The summed E-state index contributed by atoms with van der Waals surface area (Å²) in [6.07, 6.45) is 0.936. The molecule has 1 N–H and O–H groups in total. The van der Waals surface area contributed by atoms with Crippen LogP contribution in [0.25, 0.3) is 0 Å². The first-order valence-corrected chi connectivity index (χ1v) is 11.7. The molecule has 0 fully saturated rings. The summed E-state index contributed by atoms with van der Waals surface area (Å²) in [6.45, 7) is 8.28. The fraction of sp³-hybridized carbons (Fsp3) is 0.417. The first kappa shape index (κ1) is 24.3. The molecule has 0 heterocycles. The van der Waals surface area contributed by atoms with Gasteiger partial charge in [0, 0.05) is 34.7 Å². The number of aryl methyl sites for hydroxylation is 1. The van der Waals surface area contributed by atoms with E-state index in [0.717, 1.165) is 16.0 Å². The molecular weight excluding hydrogens is 416 g/mol. The third kappa shape index (κ3) is 7.37. The Balaban J connectivity index is 2.13. The molecule has 0 spiro atoms. The Labute approximate surface area is 189 Å². The maximum Gasteiger partial charge on any atom is 0.243 e. The molecule has 0 saturated carbocycles. The number of benzene rings is 2. The van der Waals surface area contributed by atoms with Crippen LogP contribution in [-0.4, -0.2) is 34.6 Å². The summed E-state index contributed by atoms with van der Waals surface area (Å²) in [5.74, 6) is 0.540. The van der Waals surface area contributed by atoms with Gasteiger partial charge in [-0.15, -0.1) is 11.8 Å². The number of carbonyl (C=O) groups excluding carboxylic acids is 2. The Morgan fingerprint density at radius 1 is 1.10 bits per heavy atom. The lowest BCUT2D eigenvalue weighted by Crippen LogP contribution is -2.50. The van der Waals surface area contributed by atoms with Gasteiger partial charge >= 0.3 is 0 Å². The predicted octanol–water partition coefficient (Wildman–Crippen LogP) is 5.46. The number of amides is 2. The van der Waals surface area contributed by atoms with Crippen molar-refractivity contribution in [2.75, 3.05) is 5.75 Å². The SMILES string of the molecule is CCC(C(=O)NC(C)C)N(Cc1ccccc1C)C(=O)CCSc1ccc(Cl)cc1. The molecule has 0 aliphatic carbocycles. The minimum absolute atomic E-state index is 0.00882. The monoisotopic (exact) mass is 446 g/mol. The lowest BCUT2D eigenvalue weighted by atomic mass is 10.1. The molecule has 0 radical (unpaired) electrons. The van der Waals surface area contributed by atoms with E-state index in [0.29, 0.717) is 30.2 Å². The number of carbonyl (C=O) groups is 2. The second-order valence-electron chi connectivity index (χ2n) is 7.59. The summed E-state index contributed by atoms with van der Waals surface area (Å²) in [4.78, 5) is 28.8. The number of thioether (sulfide) groups is 1. The number of halogens is 1. The lowest BCUT2D eigenvalue weighted by molar-refractivity contribution is -0.141. The van der Waals surface area contributed by atoms with E-state index in [9.17, 15) is 9.59 Å². The van der Waals surface area contributed by atoms with Gasteiger partial charge in [0.05, 0.1) is 0 Å². The molecule has 30 heavy (non-hydrogen) atoms. The Morgan fingerprint density at radius 3 is 2.37 bits per heavy atom. The molecule has 2 aromatic carbocycles. The van der Waals surface area contributed by atoms with Gasteiger partial charge in [-0.3, -0.25) is 9.59 Å². The van der Waals surface area contributed by atoms with Crippen LogP contribution in [0.1, 0.15) is 44.7 Å². The van der Waals surface area contributed by atoms with Crippen molar-refractivity contribution in [1.29, 1.82) is 0 Å². The highest BCUT2D eigenvalue weighted by molar-refractivity contribution is 7.99. The van der Waals surface area contributed by atoms with Crippen LogP contribution in [0.2, 0.25) is 5.02 Å². The van der Waals surface area contributed by atoms with E-state index in [2.05, 4.69) is 5.32 Å². The number of hydrogen-bond donors (Lipinski definition) is 1. The van der Waals surface area contributed by atoms with Gasteiger partial charge in [-0.05, 0) is 62.6 Å². The van der Waals surface area contributed by atoms with Crippen molar-refractivity contribution in [3.63, 3.8) is 0 Å². The van der Waals surface area contributed by atoms with Crippen LogP contribution < -0.4 is 5.32 Å². The molecule has 2 aromatic rings. The molecule has 0 saturated heterocycles. The summed E-state index contributed by atoms with van der Waals surface area (Å²) in [5.41, 5.74) is 2.18. The van der Waals surface area contributed by atoms with Gasteiger partial charge in [-0.25, -0.2) is 0 Å². The summed E-state index contributed by atoms with van der Waals surface area (Å²) in [5, 5.41) is 3.66. The maximum atomic E-state index is 13.2. The van der Waals surface area contributed by atoms with Gasteiger partial charge in [-0.2, -0.15) is 0 Å². The van der Waals surface area contributed by atoms with E-state index in [-0.39, 0.29) is 17.9 Å². The Hall–Kier alpha value is -1.98. The van der Waals surface area contributed by atoms with E-state index < -0.39 is 6.04 Å². The largest absolute Gasteiger partial charge is 0.352 e. The van der Waals surface area contributed by atoms with Crippen LogP contribution in [0.4, 0.5) is 0 Å². The van der Waals surface area contributed by atoms with E-state index in [4.69, 9.17) is 11.6 Å². The summed E-state index contributed by atoms with van der Waals surface area (Å²) in [6, 6.07) is 15.1. The second-order valence-corrected chi connectivity index (χ2v) is 9.19. The molecule has 0 aliphatic rings. The molecule has 162 valence electrons. The normalized spacial score (nSPS) is 11.9. The summed E-state index contributed by atoms with van der Waals surface area (Å²) in [7, 11) is 0. The molecule has 0 aliphatic heterocycles. The number of nitrogens with one attached hydrogen (secondary N) is 1. The van der Waals surface area contributed by atoms with Crippen LogP contribution >= 0.6 is 23.4 Å². The fourth-order valence-corrected chi connectivity index (χ4v) is 4.17. The maximum absolute atomic E-state index is 13.2. The fourth-order valence-electron chi connectivity index (χ4n) is 3.20. The lowest BCUT2D eigenvalue weighted by Gasteiger charge is -2.31. The molecule has 1 atom stereocenters. The highest BCUT2D eigenvalue weighted by Crippen LogP contribution is 2.22. The number of hydrogen-bond acceptors (Lipinski definition) is 3. The first-order valence-electron chi connectivity index (χ1n) is 10.3. The highest BCUT2D eigenvalue weighted by atomic mass is 35.5. The number of nitrogens with zero attached hydrogens (tertiary/aromatic N) is 1. The number of rotatable bonds is 10. The van der Waals surface area contributed by atoms with Crippen LogP contribution in [0.3, 0.4) is 0 Å². The third-order valence-electron chi connectivity index (χ3n) is 4.82. The van der Waals surface area contributed by atoms with Crippen LogP contribution in [-0.2, 0) is 16.1 Å². The molecule has 6 heteroatoms. The van der Waals surface area contributed by atoms with Crippen molar-refractivity contribution >= 4 is 35.2 Å². The van der Waals surface area contributed by atoms with Gasteiger partial charge < -0.3 is 10.2 Å². The molecule has 0 bridgehead atoms. The van der Waals surface area contributed by atoms with Gasteiger partial charge in [-0.1, -0.05) is 42.8 Å². The smallest absolute Gasteiger partial charge is 0.243 e. The van der Waals surface area contributed by atoms with Crippen molar-refractivity contribution in [3.05, 3.63) is 64.7 Å². The topological polar surface area (TPSA) is 49.4 Å². The average Bonchev–Trinajstić information content (AvgIpc) is 2.70. The standard InChI is InChI=1S/C24H31ClN2O2S/c1-5-22(24(29)26-17(2)3)27(16-19-9-7-6-8-18(19)4)23(28)14-15-30-21-12-10-20(25)11-13-21/h6-13,17,22H,5,14-16H2,1-4H3,(H,26,29). The quantitative estimate of drug-likeness (QED) is 0.493.